The Balaban J connectivity index is 2.05. The van der Waals surface area contributed by atoms with Crippen LogP contribution in [0.4, 0.5) is 13.2 Å². The lowest BCUT2D eigenvalue weighted by atomic mass is 10.0. The molecule has 0 atom stereocenters. The van der Waals surface area contributed by atoms with Gasteiger partial charge in [0.25, 0.3) is 11.8 Å². The van der Waals surface area contributed by atoms with Crippen LogP contribution in [-0.4, -0.2) is 27.9 Å². The maximum Gasteiger partial charge on any atom is 0.422 e. The number of hydrogen-bond acceptors (Lipinski definition) is 3. The van der Waals surface area contributed by atoms with Crippen LogP contribution in [0.1, 0.15) is 11.1 Å². The summed E-state index contributed by atoms with van der Waals surface area (Å²) in [5.74, 6) is -2.31. The predicted molar refractivity (Wildman–Crippen MR) is 79.2 cm³/mol. The highest BCUT2D eigenvalue weighted by atomic mass is 19.4. The van der Waals surface area contributed by atoms with Crippen molar-refractivity contribution < 1.29 is 22.8 Å². The molecule has 0 saturated heterocycles. The summed E-state index contributed by atoms with van der Waals surface area (Å²) in [4.78, 5) is 29.1. The summed E-state index contributed by atoms with van der Waals surface area (Å²) in [7, 11) is 0. The van der Waals surface area contributed by atoms with Gasteiger partial charge in [-0.2, -0.15) is 13.2 Å². The minimum atomic E-state index is -4.93. The molecule has 1 aliphatic rings. The summed E-state index contributed by atoms with van der Waals surface area (Å²) in [5.41, 5.74) is -1.57. The second-order valence-corrected chi connectivity index (χ2v) is 5.17. The molecule has 4 nitrogen and oxygen atoms in total. The molecule has 1 aliphatic heterocycles. The zero-order chi connectivity index (χ0) is 17.3. The maximum atomic E-state index is 13.4. The third-order valence-corrected chi connectivity index (χ3v) is 3.59. The van der Waals surface area contributed by atoms with Crippen LogP contribution in [0.3, 0.4) is 0 Å². The second kappa shape index (κ2) is 5.92. The van der Waals surface area contributed by atoms with Crippen LogP contribution in [-0.2, 0) is 16.1 Å². The number of nitrogens with zero attached hydrogens (tertiary/aromatic N) is 2. The van der Waals surface area contributed by atoms with Gasteiger partial charge in [0.1, 0.15) is 5.57 Å². The molecule has 2 aromatic rings. The Bertz CT molecular complexity index is 815. The van der Waals surface area contributed by atoms with Crippen LogP contribution in [0.5, 0.6) is 0 Å². The number of amides is 2. The summed E-state index contributed by atoms with van der Waals surface area (Å²) >= 11 is 0. The average Bonchev–Trinajstić information content (AvgIpc) is 2.81. The number of carbonyl (C=O) groups is 2. The van der Waals surface area contributed by atoms with E-state index in [0.717, 1.165) is 6.20 Å². The Morgan fingerprint density at radius 1 is 0.958 bits per heavy atom. The Hall–Kier alpha value is -2.96. The van der Waals surface area contributed by atoms with E-state index in [0.29, 0.717) is 10.5 Å². The first-order valence-electron chi connectivity index (χ1n) is 7.01. The van der Waals surface area contributed by atoms with Crippen LogP contribution >= 0.6 is 0 Å². The zero-order valence-electron chi connectivity index (χ0n) is 12.2. The number of carbonyl (C=O) groups excluding carboxylic acids is 2. The molecule has 122 valence electrons. The highest BCUT2D eigenvalue weighted by Gasteiger charge is 2.51. The van der Waals surface area contributed by atoms with Crippen molar-refractivity contribution in [2.75, 3.05) is 0 Å². The van der Waals surface area contributed by atoms with Gasteiger partial charge in [-0.05, 0) is 11.6 Å². The first-order chi connectivity index (χ1) is 11.4. The van der Waals surface area contributed by atoms with Crippen molar-refractivity contribution in [2.45, 2.75) is 12.7 Å². The Labute approximate surface area is 135 Å². The minimum absolute atomic E-state index is 0.0289. The fourth-order valence-corrected chi connectivity index (χ4v) is 2.53. The number of halogens is 3. The van der Waals surface area contributed by atoms with Gasteiger partial charge in [0, 0.05) is 18.0 Å². The molecular formula is C17H11F3N2O2. The normalized spacial score (nSPS) is 15.4. The van der Waals surface area contributed by atoms with Gasteiger partial charge in [-0.25, -0.2) is 0 Å². The molecule has 0 bridgehead atoms. The standard InChI is InChI=1S/C17H11F3N2O2/c18-17(19,20)14-13(12-7-4-8-21-9-12)15(23)22(16(14)24)10-11-5-2-1-3-6-11/h1-9H,10H2. The highest BCUT2D eigenvalue weighted by Crippen LogP contribution is 2.39. The largest absolute Gasteiger partial charge is 0.422 e. The van der Waals surface area contributed by atoms with Crippen molar-refractivity contribution in [3.05, 3.63) is 71.6 Å². The van der Waals surface area contributed by atoms with Crippen LogP contribution in [0.15, 0.2) is 60.4 Å². The summed E-state index contributed by atoms with van der Waals surface area (Å²) in [6, 6.07) is 11.1. The minimum Gasteiger partial charge on any atom is -0.270 e. The second-order valence-electron chi connectivity index (χ2n) is 5.17. The molecule has 1 aromatic heterocycles. The third kappa shape index (κ3) is 2.80. The number of rotatable bonds is 3. The van der Waals surface area contributed by atoms with Crippen molar-refractivity contribution in [3.8, 4) is 0 Å². The van der Waals surface area contributed by atoms with Gasteiger partial charge in [0.2, 0.25) is 0 Å². The lowest BCUT2D eigenvalue weighted by molar-refractivity contribution is -0.142. The molecule has 0 N–H and O–H groups in total. The van der Waals surface area contributed by atoms with Crippen LogP contribution in [0, 0.1) is 0 Å². The fourth-order valence-electron chi connectivity index (χ4n) is 2.53. The third-order valence-electron chi connectivity index (χ3n) is 3.59. The van der Waals surface area contributed by atoms with E-state index in [-0.39, 0.29) is 12.1 Å². The molecule has 0 unspecified atom stereocenters. The van der Waals surface area contributed by atoms with Crippen LogP contribution < -0.4 is 0 Å². The van der Waals surface area contributed by atoms with Gasteiger partial charge >= 0.3 is 6.18 Å². The lowest BCUT2D eigenvalue weighted by Gasteiger charge is -2.15. The van der Waals surface area contributed by atoms with Gasteiger partial charge in [-0.3, -0.25) is 19.5 Å². The molecule has 24 heavy (non-hydrogen) atoms. The van der Waals surface area contributed by atoms with Crippen molar-refractivity contribution >= 4 is 17.4 Å². The summed E-state index contributed by atoms with van der Waals surface area (Å²) in [5, 5.41) is 0. The number of hydrogen-bond donors (Lipinski definition) is 0. The van der Waals surface area contributed by atoms with Gasteiger partial charge in [-0.15, -0.1) is 0 Å². The number of benzene rings is 1. The molecule has 0 radical (unpaired) electrons. The molecule has 0 fully saturated rings. The van der Waals surface area contributed by atoms with E-state index in [1.165, 1.54) is 18.3 Å². The molecule has 1 aromatic carbocycles. The Morgan fingerprint density at radius 3 is 2.25 bits per heavy atom. The maximum absolute atomic E-state index is 13.4. The highest BCUT2D eigenvalue weighted by molar-refractivity contribution is 6.36. The van der Waals surface area contributed by atoms with Gasteiger partial charge in [0.15, 0.2) is 0 Å². The summed E-state index contributed by atoms with van der Waals surface area (Å²) in [6.07, 6.45) is -2.41. The monoisotopic (exact) mass is 332 g/mol. The molecule has 3 rings (SSSR count). The number of aromatic nitrogens is 1. The van der Waals surface area contributed by atoms with Crippen LogP contribution in [0.25, 0.3) is 5.57 Å². The first kappa shape index (κ1) is 15.9. The zero-order valence-corrected chi connectivity index (χ0v) is 12.2. The van der Waals surface area contributed by atoms with E-state index >= 15 is 0 Å². The van der Waals surface area contributed by atoms with Crippen molar-refractivity contribution in [2.24, 2.45) is 0 Å². The van der Waals surface area contributed by atoms with Gasteiger partial charge in [0.05, 0.1) is 12.1 Å². The molecule has 0 aliphatic carbocycles. The topological polar surface area (TPSA) is 50.3 Å². The number of imide groups is 1. The molecule has 2 heterocycles. The smallest absolute Gasteiger partial charge is 0.270 e. The van der Waals surface area contributed by atoms with Crippen molar-refractivity contribution in [1.29, 1.82) is 0 Å². The molecular weight excluding hydrogens is 321 g/mol. The van der Waals surface area contributed by atoms with Gasteiger partial charge in [-0.1, -0.05) is 36.4 Å². The first-order valence-corrected chi connectivity index (χ1v) is 7.01. The number of pyridine rings is 1. The van der Waals surface area contributed by atoms with E-state index in [9.17, 15) is 22.8 Å². The quantitative estimate of drug-likeness (QED) is 0.812. The van der Waals surface area contributed by atoms with E-state index in [1.54, 1.807) is 30.3 Å². The molecule has 0 spiro atoms. The van der Waals surface area contributed by atoms with Crippen molar-refractivity contribution in [3.63, 3.8) is 0 Å². The van der Waals surface area contributed by atoms with E-state index < -0.39 is 29.1 Å². The summed E-state index contributed by atoms with van der Waals surface area (Å²) < 4.78 is 40.1. The lowest BCUT2D eigenvalue weighted by Crippen LogP contribution is -2.33. The molecule has 2 amide bonds. The Kier molecular flexibility index (Phi) is 3.92. The van der Waals surface area contributed by atoms with Gasteiger partial charge < -0.3 is 0 Å². The van der Waals surface area contributed by atoms with Crippen molar-refractivity contribution in [1.82, 2.24) is 9.88 Å². The van der Waals surface area contributed by atoms with Crippen LogP contribution in [0.2, 0.25) is 0 Å². The fraction of sp³-hybridized carbons (Fsp3) is 0.118. The average molecular weight is 332 g/mol. The van der Waals surface area contributed by atoms with E-state index in [2.05, 4.69) is 4.98 Å². The molecule has 7 heteroatoms. The predicted octanol–water partition coefficient (Wildman–Crippen LogP) is 2.97. The molecule has 0 saturated carbocycles. The van der Waals surface area contributed by atoms with E-state index in [1.807, 2.05) is 0 Å². The van der Waals surface area contributed by atoms with E-state index in [4.69, 9.17) is 0 Å². The SMILES string of the molecule is O=C1C(c2cccnc2)=C(C(F)(F)F)C(=O)N1Cc1ccccc1. The number of alkyl halides is 3. The Morgan fingerprint density at radius 2 is 1.67 bits per heavy atom. The summed E-state index contributed by atoms with van der Waals surface area (Å²) in [6.45, 7) is -0.220.